The van der Waals surface area contributed by atoms with E-state index in [9.17, 15) is 4.79 Å². The van der Waals surface area contributed by atoms with Gasteiger partial charge < -0.3 is 25.2 Å². The summed E-state index contributed by atoms with van der Waals surface area (Å²) < 4.78 is 5.72. The molecule has 0 bridgehead atoms. The molecule has 2 fully saturated rings. The minimum absolute atomic E-state index is 0.0506. The number of aromatic nitrogens is 1. The van der Waals surface area contributed by atoms with Crippen molar-refractivity contribution in [3.8, 4) is 0 Å². The number of carbonyl (C=O) groups excluding carboxylic acids is 1. The Morgan fingerprint density at radius 1 is 1.13 bits per heavy atom. The molecule has 1 aromatic carbocycles. The van der Waals surface area contributed by atoms with E-state index in [2.05, 4.69) is 19.8 Å². The summed E-state index contributed by atoms with van der Waals surface area (Å²) >= 11 is 1.66. The van der Waals surface area contributed by atoms with Gasteiger partial charge in [0.05, 0.1) is 18.8 Å². The van der Waals surface area contributed by atoms with E-state index in [1.807, 2.05) is 54.6 Å². The first-order chi connectivity index (χ1) is 15.0. The van der Waals surface area contributed by atoms with Crippen molar-refractivity contribution < 1.29 is 9.53 Å². The molecule has 3 heterocycles. The molecule has 0 aliphatic carbocycles. The van der Waals surface area contributed by atoms with Crippen LogP contribution in [0.15, 0.2) is 40.8 Å². The van der Waals surface area contributed by atoms with Crippen molar-refractivity contribution >= 4 is 28.3 Å². The Balaban J connectivity index is 1.29. The average Bonchev–Trinajstić information content (AvgIpc) is 3.32. The number of morpholine rings is 1. The third kappa shape index (κ3) is 5.34. The molecule has 2 unspecified atom stereocenters. The number of nitrogens with two attached hydrogens (primary N) is 1. The van der Waals surface area contributed by atoms with E-state index in [0.29, 0.717) is 31.2 Å². The van der Waals surface area contributed by atoms with Gasteiger partial charge in [-0.3, -0.25) is 4.79 Å². The first kappa shape index (κ1) is 21.6. The lowest BCUT2D eigenvalue weighted by Crippen LogP contribution is -2.51. The summed E-state index contributed by atoms with van der Waals surface area (Å²) in [6.07, 6.45) is 1.96. The lowest BCUT2D eigenvalue weighted by Gasteiger charge is -2.35. The van der Waals surface area contributed by atoms with Gasteiger partial charge in [-0.25, -0.2) is 9.98 Å². The average molecular weight is 443 g/mol. The first-order valence-electron chi connectivity index (χ1n) is 10.7. The predicted molar refractivity (Wildman–Crippen MR) is 124 cm³/mol. The van der Waals surface area contributed by atoms with Crippen molar-refractivity contribution in [1.29, 1.82) is 0 Å². The summed E-state index contributed by atoms with van der Waals surface area (Å²) in [5.41, 5.74) is 7.96. The molecule has 8 nitrogen and oxygen atoms in total. The van der Waals surface area contributed by atoms with Crippen LogP contribution in [0.3, 0.4) is 0 Å². The topological polar surface area (TPSA) is 87.3 Å². The fraction of sp³-hybridized carbons (Fsp3) is 0.500. The maximum atomic E-state index is 12.8. The van der Waals surface area contributed by atoms with Crippen molar-refractivity contribution in [2.45, 2.75) is 32.6 Å². The quantitative estimate of drug-likeness (QED) is 0.576. The van der Waals surface area contributed by atoms with Crippen LogP contribution < -0.4 is 10.6 Å². The largest absolute Gasteiger partial charge is 0.372 e. The van der Waals surface area contributed by atoms with Gasteiger partial charge in [-0.1, -0.05) is 12.1 Å². The van der Waals surface area contributed by atoms with E-state index in [4.69, 9.17) is 10.5 Å². The molecule has 2 atom stereocenters. The minimum atomic E-state index is 0.0506. The highest BCUT2D eigenvalue weighted by Crippen LogP contribution is 2.19. The van der Waals surface area contributed by atoms with Gasteiger partial charge in [-0.2, -0.15) is 0 Å². The number of guanidine groups is 1. The van der Waals surface area contributed by atoms with Gasteiger partial charge in [-0.15, -0.1) is 11.3 Å². The van der Waals surface area contributed by atoms with Crippen molar-refractivity contribution in [2.24, 2.45) is 10.7 Å². The normalized spacial score (nSPS) is 22.6. The van der Waals surface area contributed by atoms with E-state index in [1.165, 1.54) is 0 Å². The van der Waals surface area contributed by atoms with Gasteiger partial charge in [-0.05, 0) is 31.5 Å². The predicted octanol–water partition coefficient (Wildman–Crippen LogP) is 2.03. The highest BCUT2D eigenvalue weighted by molar-refractivity contribution is 7.13. The highest BCUT2D eigenvalue weighted by atomic mass is 32.1. The first-order valence-corrected chi connectivity index (χ1v) is 11.6. The molecule has 2 aliphatic rings. The number of piperazine rings is 1. The Morgan fingerprint density at radius 2 is 1.81 bits per heavy atom. The SMILES string of the molecule is CC1CN(C(=O)c2ccc(CN=C(N)N3CCN(c4nccs4)CC3)cc2)CC(C)O1. The summed E-state index contributed by atoms with van der Waals surface area (Å²) in [7, 11) is 0. The third-order valence-corrected chi connectivity index (χ3v) is 6.46. The molecule has 1 aromatic heterocycles. The number of amides is 1. The molecule has 2 aliphatic heterocycles. The monoisotopic (exact) mass is 442 g/mol. The fourth-order valence-electron chi connectivity index (χ4n) is 4.05. The van der Waals surface area contributed by atoms with E-state index >= 15 is 0 Å². The molecule has 2 N–H and O–H groups in total. The van der Waals surface area contributed by atoms with Crippen LogP contribution in [-0.4, -0.2) is 78.1 Å². The van der Waals surface area contributed by atoms with Gasteiger partial charge in [0.15, 0.2) is 11.1 Å². The van der Waals surface area contributed by atoms with Gasteiger partial charge in [0.2, 0.25) is 0 Å². The second-order valence-corrected chi connectivity index (χ2v) is 9.00. The summed E-state index contributed by atoms with van der Waals surface area (Å²) in [5.74, 6) is 0.616. The number of carbonyl (C=O) groups is 1. The number of nitrogens with zero attached hydrogens (tertiary/aromatic N) is 5. The summed E-state index contributed by atoms with van der Waals surface area (Å²) in [5, 5.41) is 3.06. The molecule has 2 aromatic rings. The molecule has 0 radical (unpaired) electrons. The van der Waals surface area contributed by atoms with Crippen LogP contribution in [0.2, 0.25) is 0 Å². The van der Waals surface area contributed by atoms with E-state index < -0.39 is 0 Å². The van der Waals surface area contributed by atoms with Gasteiger partial charge in [0, 0.05) is 56.4 Å². The molecule has 31 heavy (non-hydrogen) atoms. The molecule has 166 valence electrons. The maximum Gasteiger partial charge on any atom is 0.254 e. The number of thiazole rings is 1. The summed E-state index contributed by atoms with van der Waals surface area (Å²) in [4.78, 5) is 28.0. The van der Waals surface area contributed by atoms with Gasteiger partial charge >= 0.3 is 0 Å². The number of rotatable bonds is 4. The lowest BCUT2D eigenvalue weighted by molar-refractivity contribution is -0.0586. The van der Waals surface area contributed by atoms with E-state index in [1.54, 1.807) is 11.3 Å². The van der Waals surface area contributed by atoms with Crippen LogP contribution in [0.5, 0.6) is 0 Å². The molecular formula is C22H30N6O2S. The van der Waals surface area contributed by atoms with Gasteiger partial charge in [0.25, 0.3) is 5.91 Å². The summed E-state index contributed by atoms with van der Waals surface area (Å²) in [6.45, 7) is 9.19. The molecule has 0 saturated carbocycles. The van der Waals surface area contributed by atoms with Crippen LogP contribution in [0.25, 0.3) is 0 Å². The van der Waals surface area contributed by atoms with Crippen molar-refractivity contribution in [3.05, 3.63) is 47.0 Å². The van der Waals surface area contributed by atoms with Crippen molar-refractivity contribution in [1.82, 2.24) is 14.8 Å². The highest BCUT2D eigenvalue weighted by Gasteiger charge is 2.26. The van der Waals surface area contributed by atoms with Gasteiger partial charge in [0.1, 0.15) is 0 Å². The number of ether oxygens (including phenoxy) is 1. The standard InChI is InChI=1S/C22H30N6O2S/c1-16-14-28(15-17(2)30-16)20(29)19-5-3-18(4-6-19)13-25-21(23)26-8-10-27(11-9-26)22-24-7-12-31-22/h3-7,12,16-17H,8-11,13-15H2,1-2H3,(H2,23,25). The molecule has 1 amide bonds. The number of hydrogen-bond acceptors (Lipinski definition) is 6. The Morgan fingerprint density at radius 3 is 2.42 bits per heavy atom. The Labute approximate surface area is 187 Å². The van der Waals surface area contributed by atoms with Crippen LogP contribution in [0.4, 0.5) is 5.13 Å². The van der Waals surface area contributed by atoms with Crippen molar-refractivity contribution in [2.75, 3.05) is 44.2 Å². The molecule has 4 rings (SSSR count). The van der Waals surface area contributed by atoms with Crippen molar-refractivity contribution in [3.63, 3.8) is 0 Å². The van der Waals surface area contributed by atoms with Crippen LogP contribution in [0.1, 0.15) is 29.8 Å². The number of aliphatic imine (C=N–C) groups is 1. The Hall–Kier alpha value is -2.65. The number of hydrogen-bond donors (Lipinski definition) is 1. The molecule has 9 heteroatoms. The third-order valence-electron chi connectivity index (χ3n) is 5.62. The minimum Gasteiger partial charge on any atom is -0.372 e. The summed E-state index contributed by atoms with van der Waals surface area (Å²) in [6, 6.07) is 7.66. The van der Waals surface area contributed by atoms with Crippen LogP contribution in [0, 0.1) is 0 Å². The Kier molecular flexibility index (Phi) is 6.72. The second kappa shape index (κ2) is 9.65. The molecule has 2 saturated heterocycles. The molecular weight excluding hydrogens is 412 g/mol. The zero-order chi connectivity index (χ0) is 21.8. The van der Waals surface area contributed by atoms with Crippen LogP contribution in [-0.2, 0) is 11.3 Å². The van der Waals surface area contributed by atoms with E-state index in [-0.39, 0.29) is 18.1 Å². The Bertz CT molecular complexity index is 883. The maximum absolute atomic E-state index is 12.8. The van der Waals surface area contributed by atoms with Crippen LogP contribution >= 0.6 is 11.3 Å². The zero-order valence-electron chi connectivity index (χ0n) is 18.1. The van der Waals surface area contributed by atoms with E-state index in [0.717, 1.165) is 36.9 Å². The molecule has 0 spiro atoms. The number of benzene rings is 1. The fourth-order valence-corrected chi connectivity index (χ4v) is 4.75. The second-order valence-electron chi connectivity index (χ2n) is 8.13. The smallest absolute Gasteiger partial charge is 0.254 e. The zero-order valence-corrected chi connectivity index (χ0v) is 18.9. The lowest BCUT2D eigenvalue weighted by atomic mass is 10.1. The number of anilines is 1.